The second-order valence-corrected chi connectivity index (χ2v) is 3.05. The smallest absolute Gasteiger partial charge is 0.176 e. The van der Waals surface area contributed by atoms with Gasteiger partial charge in [-0.05, 0) is 23.8 Å². The number of carbonyl (C=O) groups excluding carboxylic acids is 1. The summed E-state index contributed by atoms with van der Waals surface area (Å²) in [6.07, 6.45) is 0.890. The van der Waals surface area contributed by atoms with Crippen LogP contribution in [0.3, 0.4) is 0 Å². The first-order valence-corrected chi connectivity index (χ1v) is 4.30. The molecule has 0 saturated heterocycles. The van der Waals surface area contributed by atoms with Crippen LogP contribution in [0.4, 0.5) is 0 Å². The van der Waals surface area contributed by atoms with Crippen LogP contribution >= 0.6 is 0 Å². The van der Waals surface area contributed by atoms with Gasteiger partial charge in [0.05, 0.1) is 13.2 Å². The molecule has 68 valence electrons. The summed E-state index contributed by atoms with van der Waals surface area (Å²) >= 11 is 0. The highest BCUT2D eigenvalue weighted by Crippen LogP contribution is 2.25. The molecule has 3 heteroatoms. The molecule has 3 nitrogen and oxygen atoms in total. The van der Waals surface area contributed by atoms with Gasteiger partial charge in [-0.15, -0.1) is 0 Å². The van der Waals surface area contributed by atoms with Crippen molar-refractivity contribution in [2.75, 3.05) is 13.2 Å². The van der Waals surface area contributed by atoms with Gasteiger partial charge in [-0.2, -0.15) is 0 Å². The Kier molecular flexibility index (Phi) is 2.02. The summed E-state index contributed by atoms with van der Waals surface area (Å²) in [5.41, 5.74) is 7.07. The summed E-state index contributed by atoms with van der Waals surface area (Å²) in [4.78, 5) is 11.2. The van der Waals surface area contributed by atoms with Gasteiger partial charge in [0.15, 0.2) is 5.78 Å². The van der Waals surface area contributed by atoms with Crippen molar-refractivity contribution in [3.63, 3.8) is 0 Å². The summed E-state index contributed by atoms with van der Waals surface area (Å²) in [5.74, 6) is 0.878. The highest BCUT2D eigenvalue weighted by atomic mass is 16.5. The van der Waals surface area contributed by atoms with Gasteiger partial charge in [-0.3, -0.25) is 4.79 Å². The second-order valence-electron chi connectivity index (χ2n) is 3.05. The zero-order valence-corrected chi connectivity index (χ0v) is 7.25. The number of hydrogen-bond acceptors (Lipinski definition) is 3. The molecule has 0 amide bonds. The minimum atomic E-state index is -0.0188. The Labute approximate surface area is 76.5 Å². The molecule has 0 aromatic heterocycles. The van der Waals surface area contributed by atoms with E-state index in [1.165, 1.54) is 0 Å². The largest absolute Gasteiger partial charge is 0.493 e. The Morgan fingerprint density at radius 2 is 2.38 bits per heavy atom. The van der Waals surface area contributed by atoms with Gasteiger partial charge in [0, 0.05) is 12.0 Å². The van der Waals surface area contributed by atoms with Crippen LogP contribution < -0.4 is 10.5 Å². The van der Waals surface area contributed by atoms with Gasteiger partial charge >= 0.3 is 0 Å². The first kappa shape index (κ1) is 8.26. The average molecular weight is 177 g/mol. The van der Waals surface area contributed by atoms with Crippen molar-refractivity contribution in [2.24, 2.45) is 5.73 Å². The van der Waals surface area contributed by atoms with Crippen LogP contribution in [0.5, 0.6) is 5.75 Å². The Morgan fingerprint density at radius 1 is 1.54 bits per heavy atom. The van der Waals surface area contributed by atoms with E-state index < -0.39 is 0 Å². The fourth-order valence-corrected chi connectivity index (χ4v) is 1.48. The summed E-state index contributed by atoms with van der Waals surface area (Å²) in [6, 6.07) is 5.47. The third-order valence-electron chi connectivity index (χ3n) is 2.20. The quantitative estimate of drug-likeness (QED) is 0.678. The minimum absolute atomic E-state index is 0.0188. The maximum absolute atomic E-state index is 11.2. The molecular weight excluding hydrogens is 166 g/mol. The van der Waals surface area contributed by atoms with E-state index in [9.17, 15) is 4.79 Å². The van der Waals surface area contributed by atoms with E-state index in [1.54, 1.807) is 6.07 Å². The average Bonchev–Trinajstić information content (AvgIpc) is 2.63. The summed E-state index contributed by atoms with van der Waals surface area (Å²) in [6.45, 7) is 0.787. The lowest BCUT2D eigenvalue weighted by Gasteiger charge is -2.01. The molecule has 0 radical (unpaired) electrons. The van der Waals surface area contributed by atoms with Crippen molar-refractivity contribution in [3.8, 4) is 5.75 Å². The summed E-state index contributed by atoms with van der Waals surface area (Å²) in [7, 11) is 0. The van der Waals surface area contributed by atoms with Crippen LogP contribution in [0.25, 0.3) is 0 Å². The van der Waals surface area contributed by atoms with Crippen LogP contribution in [-0.4, -0.2) is 18.9 Å². The van der Waals surface area contributed by atoms with Gasteiger partial charge in [0.2, 0.25) is 0 Å². The normalized spacial score (nSPS) is 13.6. The number of nitrogens with two attached hydrogens (primary N) is 1. The molecule has 13 heavy (non-hydrogen) atoms. The van der Waals surface area contributed by atoms with Crippen LogP contribution in [-0.2, 0) is 6.42 Å². The molecule has 0 atom stereocenters. The van der Waals surface area contributed by atoms with Crippen LogP contribution in [0.15, 0.2) is 18.2 Å². The lowest BCUT2D eigenvalue weighted by Crippen LogP contribution is -2.13. The van der Waals surface area contributed by atoms with Crippen molar-refractivity contribution >= 4 is 5.78 Å². The van der Waals surface area contributed by atoms with Gasteiger partial charge in [-0.1, -0.05) is 0 Å². The van der Waals surface area contributed by atoms with E-state index in [2.05, 4.69) is 0 Å². The number of ether oxygens (including phenoxy) is 1. The molecule has 1 aliphatic heterocycles. The first-order valence-electron chi connectivity index (χ1n) is 4.30. The first-order chi connectivity index (χ1) is 6.31. The van der Waals surface area contributed by atoms with Crippen molar-refractivity contribution in [3.05, 3.63) is 29.3 Å². The number of Topliss-reactive ketones (excluding diaryl/α,β-unsaturated/α-hetero) is 1. The predicted octanol–water partition coefficient (Wildman–Crippen LogP) is 0.763. The maximum atomic E-state index is 11.2. The maximum Gasteiger partial charge on any atom is 0.176 e. The van der Waals surface area contributed by atoms with Crippen molar-refractivity contribution in [1.29, 1.82) is 0 Å². The number of carbonyl (C=O) groups is 1. The third-order valence-corrected chi connectivity index (χ3v) is 2.20. The van der Waals surface area contributed by atoms with E-state index >= 15 is 0 Å². The Balaban J connectivity index is 2.36. The fraction of sp³-hybridized carbons (Fsp3) is 0.300. The standard InChI is InChI=1S/C10H11NO2/c11-6-9(12)7-1-2-10-8(5-7)3-4-13-10/h1-2,5H,3-4,6,11H2. The number of fused-ring (bicyclic) bond motifs is 1. The van der Waals surface area contributed by atoms with Crippen molar-refractivity contribution in [1.82, 2.24) is 0 Å². The topological polar surface area (TPSA) is 52.3 Å². The molecule has 0 unspecified atom stereocenters. The molecular formula is C10H11NO2. The molecule has 2 rings (SSSR count). The predicted molar refractivity (Wildman–Crippen MR) is 49.0 cm³/mol. The molecule has 0 saturated carbocycles. The van der Waals surface area contributed by atoms with Crippen molar-refractivity contribution < 1.29 is 9.53 Å². The molecule has 1 aliphatic rings. The summed E-state index contributed by atoms with van der Waals surface area (Å²) < 4.78 is 5.32. The highest BCUT2D eigenvalue weighted by Gasteiger charge is 2.13. The van der Waals surface area contributed by atoms with E-state index in [1.807, 2.05) is 12.1 Å². The van der Waals surface area contributed by atoms with Crippen LogP contribution in [0, 0.1) is 0 Å². The Morgan fingerprint density at radius 3 is 3.15 bits per heavy atom. The van der Waals surface area contributed by atoms with Gasteiger partial charge in [0.1, 0.15) is 5.75 Å². The molecule has 1 heterocycles. The monoisotopic (exact) mass is 177 g/mol. The zero-order valence-electron chi connectivity index (χ0n) is 7.25. The molecule has 0 fully saturated rings. The number of hydrogen-bond donors (Lipinski definition) is 1. The number of benzene rings is 1. The lowest BCUT2D eigenvalue weighted by atomic mass is 10.1. The van der Waals surface area contributed by atoms with Gasteiger partial charge in [0.25, 0.3) is 0 Å². The van der Waals surface area contributed by atoms with Gasteiger partial charge < -0.3 is 10.5 Å². The number of rotatable bonds is 2. The molecule has 2 N–H and O–H groups in total. The molecule has 0 spiro atoms. The zero-order chi connectivity index (χ0) is 9.26. The van der Waals surface area contributed by atoms with E-state index in [-0.39, 0.29) is 12.3 Å². The third kappa shape index (κ3) is 1.42. The summed E-state index contributed by atoms with van der Waals surface area (Å²) in [5, 5.41) is 0. The number of ketones is 1. The molecule has 1 aromatic carbocycles. The second kappa shape index (κ2) is 3.18. The SMILES string of the molecule is NCC(=O)c1ccc2c(c1)CCO2. The molecule has 0 aliphatic carbocycles. The lowest BCUT2D eigenvalue weighted by molar-refractivity contribution is 0.100. The Hall–Kier alpha value is -1.35. The molecule has 1 aromatic rings. The van der Waals surface area contributed by atoms with Crippen molar-refractivity contribution in [2.45, 2.75) is 6.42 Å². The van der Waals surface area contributed by atoms with Crippen LogP contribution in [0.1, 0.15) is 15.9 Å². The highest BCUT2D eigenvalue weighted by molar-refractivity contribution is 5.97. The Bertz CT molecular complexity index is 347. The van der Waals surface area contributed by atoms with E-state index in [4.69, 9.17) is 10.5 Å². The fourth-order valence-electron chi connectivity index (χ4n) is 1.48. The van der Waals surface area contributed by atoms with E-state index in [0.29, 0.717) is 5.56 Å². The molecule has 0 bridgehead atoms. The van der Waals surface area contributed by atoms with Crippen LogP contribution in [0.2, 0.25) is 0 Å². The van der Waals surface area contributed by atoms with E-state index in [0.717, 1.165) is 24.3 Å². The van der Waals surface area contributed by atoms with Gasteiger partial charge in [-0.25, -0.2) is 0 Å². The minimum Gasteiger partial charge on any atom is -0.493 e.